The highest BCUT2D eigenvalue weighted by atomic mass is 16.5. The number of benzene rings is 1. The standard InChI is InChI=1S/C18H28N4O2/c1-4-24-18(23)22-16(15-9-10-15)12-21-17(19-3)20-11-14-7-5-13(2)6-8-14/h5-8,15-16H,4,9-12H2,1-3H3,(H,22,23)(H2,19,20,21). The van der Waals surface area contributed by atoms with E-state index < -0.39 is 0 Å². The first-order valence-corrected chi connectivity index (χ1v) is 8.55. The van der Waals surface area contributed by atoms with Gasteiger partial charge >= 0.3 is 6.09 Å². The molecule has 0 bridgehead atoms. The molecule has 24 heavy (non-hydrogen) atoms. The first kappa shape index (κ1) is 18.1. The molecule has 1 aliphatic carbocycles. The van der Waals surface area contributed by atoms with Crippen molar-refractivity contribution in [3.63, 3.8) is 0 Å². The second-order valence-corrected chi connectivity index (χ2v) is 6.10. The van der Waals surface area contributed by atoms with Crippen LogP contribution in [0.2, 0.25) is 0 Å². The van der Waals surface area contributed by atoms with Gasteiger partial charge in [0.25, 0.3) is 0 Å². The molecule has 132 valence electrons. The molecule has 1 unspecified atom stereocenters. The van der Waals surface area contributed by atoms with Gasteiger partial charge in [0.1, 0.15) is 0 Å². The molecule has 2 rings (SSSR count). The van der Waals surface area contributed by atoms with Gasteiger partial charge in [0, 0.05) is 20.1 Å². The summed E-state index contributed by atoms with van der Waals surface area (Å²) < 4.78 is 4.97. The Kier molecular flexibility index (Phi) is 6.90. The van der Waals surface area contributed by atoms with Crippen LogP contribution in [0.4, 0.5) is 4.79 Å². The number of ether oxygens (including phenoxy) is 1. The molecule has 0 saturated heterocycles. The van der Waals surface area contributed by atoms with E-state index in [1.807, 2.05) is 0 Å². The van der Waals surface area contributed by atoms with E-state index in [9.17, 15) is 4.79 Å². The molecule has 6 nitrogen and oxygen atoms in total. The van der Waals surface area contributed by atoms with Crippen molar-refractivity contribution in [2.24, 2.45) is 10.9 Å². The lowest BCUT2D eigenvalue weighted by Crippen LogP contribution is -2.48. The van der Waals surface area contributed by atoms with E-state index in [1.54, 1.807) is 14.0 Å². The first-order chi connectivity index (χ1) is 11.6. The molecule has 1 aromatic rings. The summed E-state index contributed by atoms with van der Waals surface area (Å²) in [5.74, 6) is 1.25. The van der Waals surface area contributed by atoms with Gasteiger partial charge in [-0.2, -0.15) is 0 Å². The molecule has 1 atom stereocenters. The van der Waals surface area contributed by atoms with Gasteiger partial charge in [0.15, 0.2) is 5.96 Å². The second kappa shape index (κ2) is 9.15. The number of alkyl carbamates (subject to hydrolysis) is 1. The van der Waals surface area contributed by atoms with Crippen molar-refractivity contribution < 1.29 is 9.53 Å². The topological polar surface area (TPSA) is 74.8 Å². The van der Waals surface area contributed by atoms with E-state index in [0.29, 0.717) is 25.6 Å². The number of amides is 1. The molecule has 0 aromatic heterocycles. The van der Waals surface area contributed by atoms with Crippen LogP contribution in [0.1, 0.15) is 30.9 Å². The van der Waals surface area contributed by atoms with E-state index in [0.717, 1.165) is 18.8 Å². The Bertz CT molecular complexity index is 553. The highest BCUT2D eigenvalue weighted by molar-refractivity contribution is 5.79. The Morgan fingerprint density at radius 1 is 1.29 bits per heavy atom. The van der Waals surface area contributed by atoms with Crippen LogP contribution in [-0.2, 0) is 11.3 Å². The molecule has 0 spiro atoms. The minimum Gasteiger partial charge on any atom is -0.450 e. The summed E-state index contributed by atoms with van der Waals surface area (Å²) in [4.78, 5) is 15.9. The third kappa shape index (κ3) is 6.10. The summed E-state index contributed by atoms with van der Waals surface area (Å²) in [7, 11) is 1.75. The van der Waals surface area contributed by atoms with Gasteiger partial charge in [-0.15, -0.1) is 0 Å². The van der Waals surface area contributed by atoms with E-state index in [2.05, 4.69) is 52.1 Å². The molecule has 1 aliphatic rings. The van der Waals surface area contributed by atoms with Gasteiger partial charge < -0.3 is 20.7 Å². The number of carbonyl (C=O) groups is 1. The number of aryl methyl sites for hydroxylation is 1. The van der Waals surface area contributed by atoms with E-state index >= 15 is 0 Å². The predicted molar refractivity (Wildman–Crippen MR) is 96.1 cm³/mol. The van der Waals surface area contributed by atoms with Crippen molar-refractivity contribution in [1.29, 1.82) is 0 Å². The third-order valence-electron chi connectivity index (χ3n) is 4.06. The largest absolute Gasteiger partial charge is 0.450 e. The van der Waals surface area contributed by atoms with Crippen molar-refractivity contribution in [3.8, 4) is 0 Å². The molecule has 3 N–H and O–H groups in total. The molecular weight excluding hydrogens is 304 g/mol. The maximum absolute atomic E-state index is 11.6. The van der Waals surface area contributed by atoms with Crippen LogP contribution in [0.5, 0.6) is 0 Å². The van der Waals surface area contributed by atoms with E-state index in [1.165, 1.54) is 11.1 Å². The number of hydrogen-bond acceptors (Lipinski definition) is 3. The lowest BCUT2D eigenvalue weighted by Gasteiger charge is -2.20. The molecule has 1 amide bonds. The smallest absolute Gasteiger partial charge is 0.407 e. The highest BCUT2D eigenvalue weighted by Gasteiger charge is 2.32. The first-order valence-electron chi connectivity index (χ1n) is 8.55. The van der Waals surface area contributed by atoms with Gasteiger partial charge in [-0.1, -0.05) is 29.8 Å². The summed E-state index contributed by atoms with van der Waals surface area (Å²) in [5.41, 5.74) is 2.45. The van der Waals surface area contributed by atoms with E-state index in [4.69, 9.17) is 4.74 Å². The van der Waals surface area contributed by atoms with Crippen LogP contribution in [0, 0.1) is 12.8 Å². The monoisotopic (exact) mass is 332 g/mol. The number of nitrogens with zero attached hydrogens (tertiary/aromatic N) is 1. The Hall–Kier alpha value is -2.24. The van der Waals surface area contributed by atoms with E-state index in [-0.39, 0.29) is 12.1 Å². The Labute approximate surface area is 144 Å². The average Bonchev–Trinajstić information content (AvgIpc) is 3.40. The predicted octanol–water partition coefficient (Wildman–Crippen LogP) is 2.18. The summed E-state index contributed by atoms with van der Waals surface area (Å²) in [6.07, 6.45) is 1.95. The number of hydrogen-bond donors (Lipinski definition) is 3. The fourth-order valence-corrected chi connectivity index (χ4v) is 2.48. The zero-order valence-corrected chi connectivity index (χ0v) is 14.8. The molecule has 6 heteroatoms. The van der Waals surface area contributed by atoms with Gasteiger partial charge in [0.05, 0.1) is 12.6 Å². The number of carbonyl (C=O) groups excluding carboxylic acids is 1. The zero-order valence-electron chi connectivity index (χ0n) is 14.8. The minimum absolute atomic E-state index is 0.0713. The Balaban J connectivity index is 1.78. The van der Waals surface area contributed by atoms with Gasteiger partial charge in [-0.3, -0.25) is 4.99 Å². The quantitative estimate of drug-likeness (QED) is 0.528. The number of aliphatic imine (C=N–C) groups is 1. The molecular formula is C18H28N4O2. The van der Waals surface area contributed by atoms with Crippen LogP contribution in [0.25, 0.3) is 0 Å². The number of nitrogens with one attached hydrogen (secondary N) is 3. The number of rotatable bonds is 7. The van der Waals surface area contributed by atoms with Crippen molar-refractivity contribution in [2.45, 2.75) is 39.3 Å². The normalized spacial score (nSPS) is 15.5. The molecule has 0 heterocycles. The van der Waals surface area contributed by atoms with Gasteiger partial charge in [0.2, 0.25) is 0 Å². The lowest BCUT2D eigenvalue weighted by molar-refractivity contribution is 0.146. The maximum Gasteiger partial charge on any atom is 0.407 e. The van der Waals surface area contributed by atoms with Crippen molar-refractivity contribution in [1.82, 2.24) is 16.0 Å². The fraction of sp³-hybridized carbons (Fsp3) is 0.556. The third-order valence-corrected chi connectivity index (χ3v) is 4.06. The zero-order chi connectivity index (χ0) is 17.4. The Morgan fingerprint density at radius 3 is 2.58 bits per heavy atom. The van der Waals surface area contributed by atoms with Crippen LogP contribution < -0.4 is 16.0 Å². The SMILES string of the molecule is CCOC(=O)NC(CNC(=NC)NCc1ccc(C)cc1)C1CC1. The van der Waals surface area contributed by atoms with Crippen molar-refractivity contribution in [3.05, 3.63) is 35.4 Å². The van der Waals surface area contributed by atoms with Gasteiger partial charge in [-0.25, -0.2) is 4.79 Å². The number of guanidine groups is 1. The average molecular weight is 332 g/mol. The van der Waals surface area contributed by atoms with Crippen LogP contribution in [0.15, 0.2) is 29.3 Å². The van der Waals surface area contributed by atoms with Crippen molar-refractivity contribution >= 4 is 12.1 Å². The van der Waals surface area contributed by atoms with Gasteiger partial charge in [-0.05, 0) is 38.2 Å². The molecule has 1 fully saturated rings. The van der Waals surface area contributed by atoms with Crippen molar-refractivity contribution in [2.75, 3.05) is 20.2 Å². The highest BCUT2D eigenvalue weighted by Crippen LogP contribution is 2.32. The summed E-state index contributed by atoms with van der Waals surface area (Å²) in [6, 6.07) is 8.47. The Morgan fingerprint density at radius 2 is 2.00 bits per heavy atom. The minimum atomic E-state index is -0.348. The second-order valence-electron chi connectivity index (χ2n) is 6.10. The fourth-order valence-electron chi connectivity index (χ4n) is 2.48. The summed E-state index contributed by atoms with van der Waals surface area (Å²) in [6.45, 7) is 5.61. The van der Waals surface area contributed by atoms with Crippen LogP contribution >= 0.6 is 0 Å². The summed E-state index contributed by atoms with van der Waals surface area (Å²) >= 11 is 0. The molecule has 1 aromatic carbocycles. The van der Waals surface area contributed by atoms with Crippen LogP contribution in [-0.4, -0.2) is 38.3 Å². The lowest BCUT2D eigenvalue weighted by atomic mass is 10.1. The molecule has 0 radical (unpaired) electrons. The molecule has 1 saturated carbocycles. The molecule has 0 aliphatic heterocycles. The summed E-state index contributed by atoms with van der Waals surface area (Å²) in [5, 5.41) is 9.51. The van der Waals surface area contributed by atoms with Crippen LogP contribution in [0.3, 0.4) is 0 Å². The maximum atomic E-state index is 11.6.